The van der Waals surface area contributed by atoms with Gasteiger partial charge in [0.15, 0.2) is 5.78 Å². The maximum atomic E-state index is 14.4. The van der Waals surface area contributed by atoms with E-state index >= 15 is 0 Å². The van der Waals surface area contributed by atoms with Crippen molar-refractivity contribution in [2.75, 3.05) is 40.5 Å². The molecule has 12 heteroatoms. The largest absolute Gasteiger partial charge is 0.493 e. The van der Waals surface area contributed by atoms with Crippen LogP contribution in [0.5, 0.6) is 5.75 Å². The number of fused-ring (bicyclic) bond motifs is 2. The fourth-order valence-electron chi connectivity index (χ4n) is 7.00. The Hall–Kier alpha value is -3.38. The molecule has 2 N–H and O–H groups in total. The lowest BCUT2D eigenvalue weighted by Crippen LogP contribution is -2.50. The molecule has 0 saturated carbocycles. The third kappa shape index (κ3) is 11.1. The summed E-state index contributed by atoms with van der Waals surface area (Å²) in [6.07, 6.45) is 4.77. The number of nitrogens with one attached hydrogen (secondary N) is 2. The van der Waals surface area contributed by atoms with Gasteiger partial charge in [0.2, 0.25) is 11.8 Å². The number of thiazole rings is 1. The molecular weight excluding hydrogens is 688 g/mol. The zero-order valence-corrected chi connectivity index (χ0v) is 31.5. The molecule has 10 nitrogen and oxygen atoms in total. The van der Waals surface area contributed by atoms with Crippen molar-refractivity contribution in [1.82, 2.24) is 20.5 Å². The molecule has 2 aliphatic heterocycles. The summed E-state index contributed by atoms with van der Waals surface area (Å²) in [4.78, 5) is 62.0. The molecule has 0 bridgehead atoms. The van der Waals surface area contributed by atoms with Crippen LogP contribution < -0.4 is 15.4 Å². The fraction of sp³-hybridized carbons (Fsp3) is 0.564. The minimum Gasteiger partial charge on any atom is -0.493 e. The molecule has 1 fully saturated rings. The summed E-state index contributed by atoms with van der Waals surface area (Å²) in [5.41, 5.74) is 1.72. The number of aromatic nitrogens is 1. The highest BCUT2D eigenvalue weighted by molar-refractivity contribution is 7.18. The average Bonchev–Trinajstić information content (AvgIpc) is 3.53. The van der Waals surface area contributed by atoms with E-state index in [-0.39, 0.29) is 54.6 Å². The molecule has 0 unspecified atom stereocenters. The Bertz CT molecular complexity index is 1660. The van der Waals surface area contributed by atoms with E-state index in [0.717, 1.165) is 45.9 Å². The normalized spacial score (nSPS) is 18.0. The van der Waals surface area contributed by atoms with Gasteiger partial charge in [-0.2, -0.15) is 0 Å². The lowest BCUT2D eigenvalue weighted by Gasteiger charge is -2.32. The number of hydrogen-bond acceptors (Lipinski definition) is 9. The van der Waals surface area contributed by atoms with Gasteiger partial charge >= 0.3 is 0 Å². The van der Waals surface area contributed by atoms with E-state index in [9.17, 15) is 19.2 Å². The van der Waals surface area contributed by atoms with Crippen LogP contribution in [0.15, 0.2) is 42.5 Å². The minimum absolute atomic E-state index is 0.0121. The van der Waals surface area contributed by atoms with Crippen molar-refractivity contribution in [3.63, 3.8) is 0 Å². The molecule has 4 atom stereocenters. The fourth-order valence-corrected chi connectivity index (χ4v) is 8.32. The Morgan fingerprint density at radius 3 is 2.53 bits per heavy atom. The van der Waals surface area contributed by atoms with Crippen LogP contribution in [0, 0.1) is 17.8 Å². The minimum atomic E-state index is -0.796. The predicted molar refractivity (Wildman–Crippen MR) is 200 cm³/mol. The van der Waals surface area contributed by atoms with Gasteiger partial charge in [-0.3, -0.25) is 19.2 Å². The molecule has 3 aromatic rings. The molecule has 0 radical (unpaired) electrons. The quantitative estimate of drug-likeness (QED) is 0.145. The highest BCUT2D eigenvalue weighted by atomic mass is 35.5. The number of ether oxygens (including phenoxy) is 2. The lowest BCUT2D eigenvalue weighted by atomic mass is 9.83. The molecule has 0 spiro atoms. The van der Waals surface area contributed by atoms with Crippen LogP contribution in [0.3, 0.4) is 0 Å². The van der Waals surface area contributed by atoms with Crippen LogP contribution >= 0.6 is 22.9 Å². The van der Waals surface area contributed by atoms with E-state index < -0.39 is 17.9 Å². The van der Waals surface area contributed by atoms with Crippen LogP contribution in [0.1, 0.15) is 81.3 Å². The first-order valence-electron chi connectivity index (χ1n) is 18.3. The number of halogens is 1. The maximum Gasteiger partial charge on any atom is 0.224 e. The van der Waals surface area contributed by atoms with Gasteiger partial charge in [0.1, 0.15) is 11.5 Å². The highest BCUT2D eigenvalue weighted by Gasteiger charge is 2.36. The second kappa shape index (κ2) is 18.9. The molecule has 1 aromatic heterocycles. The highest BCUT2D eigenvalue weighted by Crippen LogP contribution is 2.33. The number of para-hydroxylation sites is 1. The summed E-state index contributed by atoms with van der Waals surface area (Å²) in [7, 11) is 4.04. The van der Waals surface area contributed by atoms with Gasteiger partial charge in [0.25, 0.3) is 0 Å². The van der Waals surface area contributed by atoms with Gasteiger partial charge in [-0.25, -0.2) is 4.98 Å². The Kier molecular flexibility index (Phi) is 14.4. The monoisotopic (exact) mass is 738 g/mol. The van der Waals surface area contributed by atoms with Crippen molar-refractivity contribution >= 4 is 56.5 Å². The van der Waals surface area contributed by atoms with E-state index in [1.165, 1.54) is 11.3 Å². The van der Waals surface area contributed by atoms with Crippen molar-refractivity contribution in [3.05, 3.63) is 58.1 Å². The Balaban J connectivity index is 1.34. The van der Waals surface area contributed by atoms with Crippen LogP contribution in [-0.2, 0) is 30.3 Å². The number of carbonyl (C=O) groups excluding carboxylic acids is 4. The summed E-state index contributed by atoms with van der Waals surface area (Å²) in [6.45, 7) is 4.16. The molecule has 51 heavy (non-hydrogen) atoms. The van der Waals surface area contributed by atoms with Gasteiger partial charge in [-0.15, -0.1) is 11.3 Å². The SMILES string of the molecule is CCC(=O)C[C@@H](Cc1nc2ccc(Cl)cc2s1)C(=O)N[C@H](C(=O)C[C@@H](CCCCN(C)C)C(=O)N[C@@H]1CCOc2ccccc21)C1CCOCC1. The predicted octanol–water partition coefficient (Wildman–Crippen LogP) is 6.34. The lowest BCUT2D eigenvalue weighted by molar-refractivity contribution is -0.136. The molecule has 2 aromatic carbocycles. The molecule has 2 aliphatic rings. The summed E-state index contributed by atoms with van der Waals surface area (Å²) in [5, 5.41) is 7.68. The number of benzene rings is 2. The van der Waals surface area contributed by atoms with Gasteiger partial charge < -0.3 is 25.0 Å². The molecule has 1 saturated heterocycles. The number of rotatable bonds is 18. The Labute approximate surface area is 310 Å². The molecule has 0 aliphatic carbocycles. The first-order valence-corrected chi connectivity index (χ1v) is 19.4. The van der Waals surface area contributed by atoms with Gasteiger partial charge in [-0.05, 0) is 76.5 Å². The van der Waals surface area contributed by atoms with Crippen LogP contribution in [-0.4, -0.2) is 79.8 Å². The molecule has 276 valence electrons. The van der Waals surface area contributed by atoms with E-state index in [0.29, 0.717) is 56.9 Å². The Morgan fingerprint density at radius 1 is 0.980 bits per heavy atom. The number of Topliss-reactive ketones (excluding diaryl/α,β-unsaturated/α-hetero) is 2. The van der Waals surface area contributed by atoms with Gasteiger partial charge in [0.05, 0.1) is 39.8 Å². The van der Waals surface area contributed by atoms with E-state index in [2.05, 4.69) is 15.5 Å². The summed E-state index contributed by atoms with van der Waals surface area (Å²) < 4.78 is 12.3. The number of amides is 2. The van der Waals surface area contributed by atoms with E-state index in [1.54, 1.807) is 13.0 Å². The Morgan fingerprint density at radius 2 is 1.76 bits per heavy atom. The van der Waals surface area contributed by atoms with Crippen molar-refractivity contribution < 1.29 is 28.7 Å². The van der Waals surface area contributed by atoms with Crippen LogP contribution in [0.25, 0.3) is 10.2 Å². The van der Waals surface area contributed by atoms with E-state index in [4.69, 9.17) is 26.1 Å². The first-order chi connectivity index (χ1) is 24.6. The topological polar surface area (TPSA) is 127 Å². The third-order valence-corrected chi connectivity index (χ3v) is 11.2. The van der Waals surface area contributed by atoms with Crippen LogP contribution in [0.4, 0.5) is 0 Å². The third-order valence-electron chi connectivity index (χ3n) is 9.94. The average molecular weight is 739 g/mol. The van der Waals surface area contributed by atoms with Crippen molar-refractivity contribution in [2.45, 2.75) is 83.2 Å². The number of ketones is 2. The zero-order valence-electron chi connectivity index (χ0n) is 30.0. The van der Waals surface area contributed by atoms with Gasteiger partial charge in [0, 0.05) is 61.8 Å². The van der Waals surface area contributed by atoms with Crippen molar-refractivity contribution in [2.24, 2.45) is 17.8 Å². The smallest absolute Gasteiger partial charge is 0.224 e. The number of unbranched alkanes of at least 4 members (excludes halogenated alkanes) is 1. The summed E-state index contributed by atoms with van der Waals surface area (Å²) in [5.74, 6) is -1.31. The molecule has 5 rings (SSSR count). The first kappa shape index (κ1) is 38.8. The maximum absolute atomic E-state index is 14.4. The van der Waals surface area contributed by atoms with Crippen molar-refractivity contribution in [3.8, 4) is 5.75 Å². The number of nitrogens with zero attached hydrogens (tertiary/aromatic N) is 2. The van der Waals surface area contributed by atoms with Crippen molar-refractivity contribution in [1.29, 1.82) is 0 Å². The number of hydrogen-bond donors (Lipinski definition) is 2. The number of carbonyl (C=O) groups is 4. The van der Waals surface area contributed by atoms with Crippen LogP contribution in [0.2, 0.25) is 5.02 Å². The molecule has 3 heterocycles. The second-order valence-corrected chi connectivity index (χ2v) is 15.6. The standard InChI is InChI=1S/C39H51ClN4O6S/c1-4-29(45)21-27(23-36-41-32-13-12-28(40)24-35(32)51-36)39(48)43-37(25-14-18-49-19-15-25)33(46)22-26(9-7-8-17-44(2)3)38(47)42-31-16-20-50-34-11-6-5-10-30(31)34/h5-6,10-13,24-27,31,37H,4,7-9,14-23H2,1-3H3,(H,42,47)(H,43,48)/t26-,27+,31-,37+/m1/s1. The second-order valence-electron chi connectivity index (χ2n) is 14.1. The summed E-state index contributed by atoms with van der Waals surface area (Å²) in [6, 6.07) is 12.2. The van der Waals surface area contributed by atoms with E-state index in [1.807, 2.05) is 50.5 Å². The van der Waals surface area contributed by atoms with Gasteiger partial charge in [-0.1, -0.05) is 43.1 Å². The zero-order chi connectivity index (χ0) is 36.3. The molecule has 2 amide bonds. The summed E-state index contributed by atoms with van der Waals surface area (Å²) >= 11 is 7.65. The molecular formula is C39H51ClN4O6S.